The van der Waals surface area contributed by atoms with Crippen molar-refractivity contribution < 1.29 is 11.6 Å². The summed E-state index contributed by atoms with van der Waals surface area (Å²) in [4.78, 5) is 17.2. The van der Waals surface area contributed by atoms with E-state index < -0.39 is 25.9 Å². The maximum Gasteiger partial charge on any atom is 0.169 e. The van der Waals surface area contributed by atoms with Crippen molar-refractivity contribution in [3.05, 3.63) is 22.5 Å². The van der Waals surface area contributed by atoms with Crippen LogP contribution in [0.4, 0.5) is 0 Å². The van der Waals surface area contributed by atoms with Crippen molar-refractivity contribution in [1.82, 2.24) is 9.88 Å². The van der Waals surface area contributed by atoms with Crippen LogP contribution in [0.1, 0.15) is 47.5 Å². The van der Waals surface area contributed by atoms with Crippen LogP contribution < -0.4 is 0 Å². The Morgan fingerprint density at radius 2 is 2.44 bits per heavy atom. The van der Waals surface area contributed by atoms with Gasteiger partial charge in [0, 0.05) is 36.2 Å². The van der Waals surface area contributed by atoms with E-state index in [0.717, 1.165) is 28.3 Å². The molecule has 1 N–H and O–H groups in total. The van der Waals surface area contributed by atoms with Gasteiger partial charge in [0.15, 0.2) is 5.78 Å². The summed E-state index contributed by atoms with van der Waals surface area (Å²) >= 11 is 0. The molecule has 0 amide bonds. The number of carbonyl (C=O) groups is 1. The molecular weight excluding hydrogens is 224 g/mol. The lowest BCUT2D eigenvalue weighted by molar-refractivity contribution is 0.0705. The summed E-state index contributed by atoms with van der Waals surface area (Å²) in [6.07, 6.45) is 1.66. The van der Waals surface area contributed by atoms with Crippen LogP contribution >= 0.6 is 0 Å². The zero-order valence-corrected chi connectivity index (χ0v) is 10.8. The van der Waals surface area contributed by atoms with Gasteiger partial charge in [-0.1, -0.05) is 6.92 Å². The van der Waals surface area contributed by atoms with E-state index >= 15 is 0 Å². The molecule has 2 aliphatic rings. The first-order chi connectivity index (χ1) is 10.7. The molecular formula is C15H22N2O. The lowest BCUT2D eigenvalue weighted by atomic mass is 9.73. The van der Waals surface area contributed by atoms with Crippen LogP contribution in [0.2, 0.25) is 0 Å². The predicted molar refractivity (Wildman–Crippen MR) is 72.0 cm³/mol. The van der Waals surface area contributed by atoms with Gasteiger partial charge in [-0.25, -0.2) is 0 Å². The number of H-pyrrole nitrogens is 1. The van der Waals surface area contributed by atoms with Gasteiger partial charge in [-0.15, -0.1) is 0 Å². The Hall–Kier alpha value is -1.09. The van der Waals surface area contributed by atoms with E-state index in [1.807, 2.05) is 13.8 Å². The van der Waals surface area contributed by atoms with E-state index in [-0.39, 0.29) is 11.7 Å². The summed E-state index contributed by atoms with van der Waals surface area (Å²) in [5, 5.41) is 0. The highest BCUT2D eigenvalue weighted by Crippen LogP contribution is 2.37. The number of nitrogens with one attached hydrogen (secondary N) is 1. The Morgan fingerprint density at radius 1 is 1.61 bits per heavy atom. The highest BCUT2D eigenvalue weighted by molar-refractivity contribution is 6.02. The molecule has 0 radical (unpaired) electrons. The number of aryl methyl sites for hydroxylation is 1. The molecule has 98 valence electrons. The van der Waals surface area contributed by atoms with Crippen LogP contribution in [-0.4, -0.2) is 35.7 Å². The van der Waals surface area contributed by atoms with Gasteiger partial charge in [0.1, 0.15) is 0 Å². The maximum absolute atomic E-state index is 13.0. The van der Waals surface area contributed by atoms with Crippen LogP contribution in [0.15, 0.2) is 0 Å². The summed E-state index contributed by atoms with van der Waals surface area (Å²) in [6, 6.07) is 0. The first-order valence-electron chi connectivity index (χ1n) is 9.19. The second-order valence-electron chi connectivity index (χ2n) is 5.26. The molecule has 4 atom stereocenters. The summed E-state index contributed by atoms with van der Waals surface area (Å²) < 4.78 is 39.2. The number of rotatable bonds is 1. The number of fused-ring (bicyclic) bond motifs is 2. The average Bonchev–Trinajstić information content (AvgIpc) is 2.71. The van der Waals surface area contributed by atoms with Crippen molar-refractivity contribution in [2.45, 2.75) is 33.1 Å². The molecule has 1 aliphatic heterocycles. The summed E-state index contributed by atoms with van der Waals surface area (Å²) in [6.45, 7) is -0.754. The highest BCUT2D eigenvalue weighted by Gasteiger charge is 2.40. The number of carbonyl (C=O) groups excluding carboxylic acids is 1. The van der Waals surface area contributed by atoms with E-state index in [1.54, 1.807) is 0 Å². The van der Waals surface area contributed by atoms with Gasteiger partial charge in [-0.2, -0.15) is 0 Å². The average molecular weight is 251 g/mol. The fourth-order valence-electron chi connectivity index (χ4n) is 3.30. The topological polar surface area (TPSA) is 36.1 Å². The van der Waals surface area contributed by atoms with Crippen LogP contribution in [-0.2, 0) is 12.8 Å². The quantitative estimate of drug-likeness (QED) is 0.830. The van der Waals surface area contributed by atoms with Gasteiger partial charge in [-0.05, 0) is 51.2 Å². The van der Waals surface area contributed by atoms with Crippen molar-refractivity contribution >= 4 is 5.78 Å². The zero-order chi connectivity index (χ0) is 17.1. The van der Waals surface area contributed by atoms with E-state index in [9.17, 15) is 4.79 Å². The number of hydrogen-bond acceptors (Lipinski definition) is 2. The lowest BCUT2D eigenvalue weighted by Gasteiger charge is -2.38. The molecule has 1 fully saturated rings. The minimum atomic E-state index is -2.52. The van der Waals surface area contributed by atoms with E-state index in [4.69, 9.17) is 6.85 Å². The number of hydrogen-bond donors (Lipinski definition) is 1. The molecule has 18 heavy (non-hydrogen) atoms. The Bertz CT molecular complexity index is 639. The molecule has 2 unspecified atom stereocenters. The van der Waals surface area contributed by atoms with E-state index in [1.165, 1.54) is 0 Å². The van der Waals surface area contributed by atoms with Crippen molar-refractivity contribution in [3.8, 4) is 0 Å². The second kappa shape index (κ2) is 4.23. The third-order valence-electron chi connectivity index (χ3n) is 4.20. The summed E-state index contributed by atoms with van der Waals surface area (Å²) in [5.41, 5.74) is 3.51. The molecule has 0 bridgehead atoms. The first kappa shape index (κ1) is 7.49. The van der Waals surface area contributed by atoms with Crippen molar-refractivity contribution in [3.63, 3.8) is 0 Å². The van der Waals surface area contributed by atoms with Crippen LogP contribution in [0.5, 0.6) is 0 Å². The molecule has 1 aliphatic carbocycles. The van der Waals surface area contributed by atoms with Crippen molar-refractivity contribution in [2.75, 3.05) is 20.0 Å². The van der Waals surface area contributed by atoms with Crippen LogP contribution in [0.25, 0.3) is 0 Å². The number of ketones is 1. The second-order valence-corrected chi connectivity index (χ2v) is 5.26. The largest absolute Gasteiger partial charge is 0.362 e. The maximum atomic E-state index is 13.0. The molecule has 1 saturated heterocycles. The van der Waals surface area contributed by atoms with Gasteiger partial charge >= 0.3 is 0 Å². The molecule has 3 nitrogen and oxygen atoms in total. The number of nitrogens with zero attached hydrogens (tertiary/aromatic N) is 1. The third kappa shape index (κ3) is 1.64. The molecule has 0 spiro atoms. The van der Waals surface area contributed by atoms with E-state index in [0.29, 0.717) is 18.4 Å². The SMILES string of the molecule is [2H]C1C[C@@H]2Cc3[nH]c(C)c(CC)c3C(=O)[C@H]2C([2H])N1C([2H])([2H])[2H]. The fraction of sp³-hybridized carbons (Fsp3) is 0.667. The monoisotopic (exact) mass is 251 g/mol. The normalized spacial score (nSPS) is 41.0. The molecule has 1 aromatic rings. The molecule has 0 aromatic carbocycles. The molecule has 2 heterocycles. The number of piperidine rings is 1. The Labute approximate surface area is 116 Å². The van der Waals surface area contributed by atoms with Crippen molar-refractivity contribution in [2.24, 2.45) is 11.8 Å². The molecule has 0 saturated carbocycles. The van der Waals surface area contributed by atoms with Crippen LogP contribution in [0, 0.1) is 18.8 Å². The highest BCUT2D eigenvalue weighted by atomic mass is 16.1. The van der Waals surface area contributed by atoms with Crippen LogP contribution in [0.3, 0.4) is 0 Å². The van der Waals surface area contributed by atoms with Gasteiger partial charge in [0.2, 0.25) is 0 Å². The third-order valence-corrected chi connectivity index (χ3v) is 4.20. The van der Waals surface area contributed by atoms with Gasteiger partial charge in [-0.3, -0.25) is 4.79 Å². The summed E-state index contributed by atoms with van der Waals surface area (Å²) in [7, 11) is 0. The lowest BCUT2D eigenvalue weighted by Crippen LogP contribution is -2.45. The number of aromatic amines is 1. The molecule has 1 aromatic heterocycles. The number of aromatic nitrogens is 1. The van der Waals surface area contributed by atoms with Gasteiger partial charge in [0.05, 0.1) is 0 Å². The predicted octanol–water partition coefficient (Wildman–Crippen LogP) is 2.19. The Morgan fingerprint density at radius 3 is 3.17 bits per heavy atom. The van der Waals surface area contributed by atoms with E-state index in [2.05, 4.69) is 4.98 Å². The molecule has 3 rings (SSSR count). The fourth-order valence-corrected chi connectivity index (χ4v) is 3.30. The number of likely N-dealkylation sites (tertiary alicyclic amines) is 1. The van der Waals surface area contributed by atoms with Gasteiger partial charge < -0.3 is 9.88 Å². The minimum Gasteiger partial charge on any atom is -0.362 e. The Kier molecular flexibility index (Phi) is 1.76. The standard InChI is InChI=1S/C15H22N2O/c1-4-11-9(2)16-13-7-10-5-6-17(3)8-12(10)15(18)14(11)13/h10,12,16H,4-8H2,1-3H3/t10-,12+/m1/s1/i3D3,6D,8D/t6?,8?,10-,12+. The molecule has 3 heteroatoms. The van der Waals surface area contributed by atoms with Crippen molar-refractivity contribution in [1.29, 1.82) is 0 Å². The summed E-state index contributed by atoms with van der Waals surface area (Å²) in [5.74, 6) is -0.926. The number of Topliss-reactive ketones (excluding diaryl/α,β-unsaturated/α-hetero) is 1. The smallest absolute Gasteiger partial charge is 0.169 e. The zero-order valence-electron chi connectivity index (χ0n) is 15.8. The van der Waals surface area contributed by atoms with Gasteiger partial charge in [0.25, 0.3) is 0 Å². The first-order valence-corrected chi connectivity index (χ1v) is 6.54. The minimum absolute atomic E-state index is 0.126. The Balaban J connectivity index is 2.04.